The molecule has 1 saturated heterocycles. The molecule has 0 spiro atoms. The molecule has 0 bridgehead atoms. The van der Waals surface area contributed by atoms with Crippen LogP contribution in [0.3, 0.4) is 0 Å². The van der Waals surface area contributed by atoms with E-state index in [0.29, 0.717) is 5.41 Å². The molecule has 0 radical (unpaired) electrons. The monoisotopic (exact) mass is 238 g/mol. The van der Waals surface area contributed by atoms with E-state index in [1.54, 1.807) is 0 Å². The summed E-state index contributed by atoms with van der Waals surface area (Å²) in [5, 5.41) is 3.65. The summed E-state index contributed by atoms with van der Waals surface area (Å²) in [7, 11) is 0. The highest BCUT2D eigenvalue weighted by Crippen LogP contribution is 2.29. The molecule has 2 rings (SSSR count). The Balaban J connectivity index is 1.51. The van der Waals surface area contributed by atoms with Crippen molar-refractivity contribution in [3.8, 4) is 0 Å². The average molecular weight is 238 g/mol. The van der Waals surface area contributed by atoms with Crippen LogP contribution in [-0.4, -0.2) is 37.6 Å². The molecule has 2 fully saturated rings. The normalized spacial score (nSPS) is 26.5. The summed E-state index contributed by atoms with van der Waals surface area (Å²) in [6.45, 7) is 11.1. The third-order valence-electron chi connectivity index (χ3n) is 4.72. The predicted octanol–water partition coefficient (Wildman–Crippen LogP) is 2.89. The van der Waals surface area contributed by atoms with Gasteiger partial charge in [-0.15, -0.1) is 0 Å². The van der Waals surface area contributed by atoms with Gasteiger partial charge in [0.2, 0.25) is 0 Å². The summed E-state index contributed by atoms with van der Waals surface area (Å²) in [6, 6.07) is 0. The second kappa shape index (κ2) is 6.19. The standard InChI is InChI=1S/C15H30N2/c1-15(2)7-10-17(11-8-15)12-9-16-13-14-5-3-4-6-14/h14,16H,3-13H2,1-2H3. The maximum Gasteiger partial charge on any atom is 0.0107 e. The number of piperidine rings is 1. The number of rotatable bonds is 5. The highest BCUT2D eigenvalue weighted by Gasteiger charge is 2.24. The van der Waals surface area contributed by atoms with Crippen molar-refractivity contribution >= 4 is 0 Å². The van der Waals surface area contributed by atoms with Gasteiger partial charge in [0.05, 0.1) is 0 Å². The number of hydrogen-bond acceptors (Lipinski definition) is 2. The molecule has 0 aromatic carbocycles. The Bertz CT molecular complexity index is 209. The number of likely N-dealkylation sites (tertiary alicyclic amines) is 1. The van der Waals surface area contributed by atoms with E-state index in [9.17, 15) is 0 Å². The van der Waals surface area contributed by atoms with Crippen molar-refractivity contribution < 1.29 is 0 Å². The lowest BCUT2D eigenvalue weighted by molar-refractivity contribution is 0.133. The van der Waals surface area contributed by atoms with Gasteiger partial charge in [0.1, 0.15) is 0 Å². The van der Waals surface area contributed by atoms with Gasteiger partial charge in [-0.3, -0.25) is 0 Å². The van der Waals surface area contributed by atoms with Gasteiger partial charge in [0.25, 0.3) is 0 Å². The molecule has 1 aliphatic heterocycles. The van der Waals surface area contributed by atoms with Gasteiger partial charge in [0, 0.05) is 13.1 Å². The Morgan fingerprint density at radius 3 is 2.41 bits per heavy atom. The van der Waals surface area contributed by atoms with Crippen molar-refractivity contribution in [2.24, 2.45) is 11.3 Å². The molecule has 2 nitrogen and oxygen atoms in total. The van der Waals surface area contributed by atoms with Gasteiger partial charge in [0.15, 0.2) is 0 Å². The van der Waals surface area contributed by atoms with Crippen LogP contribution >= 0.6 is 0 Å². The Kier molecular flexibility index (Phi) is 4.87. The summed E-state index contributed by atoms with van der Waals surface area (Å²) in [5.41, 5.74) is 0.591. The molecule has 0 aromatic rings. The first kappa shape index (κ1) is 13.4. The minimum atomic E-state index is 0.591. The van der Waals surface area contributed by atoms with Gasteiger partial charge < -0.3 is 10.2 Å². The van der Waals surface area contributed by atoms with Gasteiger partial charge in [-0.05, 0) is 56.7 Å². The Morgan fingerprint density at radius 2 is 1.76 bits per heavy atom. The molecule has 17 heavy (non-hydrogen) atoms. The van der Waals surface area contributed by atoms with Crippen LogP contribution in [0.1, 0.15) is 52.4 Å². The van der Waals surface area contributed by atoms with E-state index in [0.717, 1.165) is 5.92 Å². The molecule has 2 heteroatoms. The van der Waals surface area contributed by atoms with Crippen molar-refractivity contribution in [2.75, 3.05) is 32.7 Å². The highest BCUT2D eigenvalue weighted by atomic mass is 15.1. The van der Waals surface area contributed by atoms with E-state index < -0.39 is 0 Å². The maximum absolute atomic E-state index is 3.65. The molecule has 0 amide bonds. The van der Waals surface area contributed by atoms with Gasteiger partial charge in [-0.25, -0.2) is 0 Å². The van der Waals surface area contributed by atoms with Gasteiger partial charge in [-0.2, -0.15) is 0 Å². The zero-order valence-corrected chi connectivity index (χ0v) is 11.8. The van der Waals surface area contributed by atoms with Crippen molar-refractivity contribution in [1.29, 1.82) is 0 Å². The topological polar surface area (TPSA) is 15.3 Å². The molecule has 1 saturated carbocycles. The van der Waals surface area contributed by atoms with Crippen LogP contribution in [-0.2, 0) is 0 Å². The second-order valence-electron chi connectivity index (χ2n) is 6.86. The first-order valence-electron chi connectivity index (χ1n) is 7.59. The third kappa shape index (κ3) is 4.59. The Morgan fingerprint density at radius 1 is 1.12 bits per heavy atom. The van der Waals surface area contributed by atoms with Crippen LogP contribution < -0.4 is 5.32 Å². The lowest BCUT2D eigenvalue weighted by Crippen LogP contribution is -2.41. The lowest BCUT2D eigenvalue weighted by atomic mass is 9.83. The van der Waals surface area contributed by atoms with E-state index in [1.165, 1.54) is 71.2 Å². The van der Waals surface area contributed by atoms with Crippen molar-refractivity contribution in [3.05, 3.63) is 0 Å². The van der Waals surface area contributed by atoms with E-state index >= 15 is 0 Å². The summed E-state index contributed by atoms with van der Waals surface area (Å²) >= 11 is 0. The summed E-state index contributed by atoms with van der Waals surface area (Å²) in [4.78, 5) is 2.63. The molecule has 100 valence electrons. The first-order chi connectivity index (χ1) is 8.16. The molecule has 1 heterocycles. The maximum atomic E-state index is 3.65. The van der Waals surface area contributed by atoms with Crippen molar-refractivity contribution in [2.45, 2.75) is 52.4 Å². The zero-order valence-electron chi connectivity index (χ0n) is 11.8. The highest BCUT2D eigenvalue weighted by molar-refractivity contribution is 4.79. The van der Waals surface area contributed by atoms with Crippen LogP contribution in [0, 0.1) is 11.3 Å². The van der Waals surface area contributed by atoms with E-state index in [4.69, 9.17) is 0 Å². The van der Waals surface area contributed by atoms with Crippen molar-refractivity contribution in [1.82, 2.24) is 10.2 Å². The summed E-state index contributed by atoms with van der Waals surface area (Å²) in [5.74, 6) is 0.982. The summed E-state index contributed by atoms with van der Waals surface area (Å²) in [6.07, 6.45) is 8.60. The van der Waals surface area contributed by atoms with Crippen LogP contribution in [0.15, 0.2) is 0 Å². The molecular weight excluding hydrogens is 208 g/mol. The molecule has 1 aliphatic carbocycles. The Labute approximate surface area is 107 Å². The number of nitrogens with one attached hydrogen (secondary N) is 1. The smallest absolute Gasteiger partial charge is 0.0107 e. The summed E-state index contributed by atoms with van der Waals surface area (Å²) < 4.78 is 0. The fourth-order valence-electron chi connectivity index (χ4n) is 3.14. The van der Waals surface area contributed by atoms with E-state index in [1.807, 2.05) is 0 Å². The minimum absolute atomic E-state index is 0.591. The fraction of sp³-hybridized carbons (Fsp3) is 1.00. The minimum Gasteiger partial charge on any atom is -0.315 e. The first-order valence-corrected chi connectivity index (χ1v) is 7.59. The quantitative estimate of drug-likeness (QED) is 0.741. The van der Waals surface area contributed by atoms with Gasteiger partial charge >= 0.3 is 0 Å². The van der Waals surface area contributed by atoms with Crippen LogP contribution in [0.5, 0.6) is 0 Å². The predicted molar refractivity (Wildman–Crippen MR) is 74.3 cm³/mol. The SMILES string of the molecule is CC1(C)CCN(CCNCC2CCCC2)CC1. The molecular formula is C15H30N2. The third-order valence-corrected chi connectivity index (χ3v) is 4.72. The number of hydrogen-bond donors (Lipinski definition) is 1. The van der Waals surface area contributed by atoms with Crippen LogP contribution in [0.4, 0.5) is 0 Å². The Hall–Kier alpha value is -0.0800. The number of nitrogens with zero attached hydrogens (tertiary/aromatic N) is 1. The molecule has 0 aromatic heterocycles. The second-order valence-corrected chi connectivity index (χ2v) is 6.86. The molecule has 0 unspecified atom stereocenters. The van der Waals surface area contributed by atoms with E-state index in [-0.39, 0.29) is 0 Å². The zero-order chi connectivity index (χ0) is 12.1. The molecule has 2 aliphatic rings. The fourth-order valence-corrected chi connectivity index (χ4v) is 3.14. The average Bonchev–Trinajstić information content (AvgIpc) is 2.79. The van der Waals surface area contributed by atoms with Crippen molar-refractivity contribution in [3.63, 3.8) is 0 Å². The molecule has 0 atom stereocenters. The molecule has 1 N–H and O–H groups in total. The largest absolute Gasteiger partial charge is 0.315 e. The lowest BCUT2D eigenvalue weighted by Gasteiger charge is -2.36. The van der Waals surface area contributed by atoms with E-state index in [2.05, 4.69) is 24.1 Å². The van der Waals surface area contributed by atoms with Gasteiger partial charge in [-0.1, -0.05) is 26.7 Å². The van der Waals surface area contributed by atoms with Crippen LogP contribution in [0.2, 0.25) is 0 Å². The van der Waals surface area contributed by atoms with Crippen LogP contribution in [0.25, 0.3) is 0 Å².